The summed E-state index contributed by atoms with van der Waals surface area (Å²) in [6, 6.07) is 10.0. The number of anilines is 2. The third-order valence-corrected chi connectivity index (χ3v) is 7.87. The summed E-state index contributed by atoms with van der Waals surface area (Å²) >= 11 is 0. The van der Waals surface area contributed by atoms with Crippen molar-refractivity contribution in [2.75, 3.05) is 36.4 Å². The Morgan fingerprint density at radius 3 is 2.50 bits per heavy atom. The third-order valence-electron chi connectivity index (χ3n) is 5.83. The van der Waals surface area contributed by atoms with Crippen molar-refractivity contribution in [1.29, 1.82) is 0 Å². The second-order valence-corrected chi connectivity index (χ2v) is 9.74. The number of aryl methyl sites for hydroxylation is 1. The summed E-state index contributed by atoms with van der Waals surface area (Å²) < 4.78 is 27.0. The number of fused-ring (bicyclic) bond motifs is 1. The van der Waals surface area contributed by atoms with Crippen molar-refractivity contribution >= 4 is 33.3 Å². The molecule has 0 bridgehead atoms. The molecule has 172 valence electrons. The molecule has 0 atom stereocenters. The lowest BCUT2D eigenvalue weighted by Gasteiger charge is -2.21. The van der Waals surface area contributed by atoms with Crippen molar-refractivity contribution < 1.29 is 18.0 Å². The summed E-state index contributed by atoms with van der Waals surface area (Å²) in [5.41, 5.74) is 4.34. The summed E-state index contributed by atoms with van der Waals surface area (Å²) in [6.07, 6.45) is 0.638. The molecule has 2 N–H and O–H groups in total. The second-order valence-electron chi connectivity index (χ2n) is 7.80. The van der Waals surface area contributed by atoms with Gasteiger partial charge in [0.05, 0.1) is 11.4 Å². The molecule has 0 unspecified atom stereocenters. The smallest absolute Gasteiger partial charge is 0.325 e. The van der Waals surface area contributed by atoms with E-state index in [2.05, 4.69) is 10.6 Å². The van der Waals surface area contributed by atoms with Crippen LogP contribution in [0.15, 0.2) is 41.3 Å². The Hall–Kier alpha value is -2.91. The van der Waals surface area contributed by atoms with Crippen molar-refractivity contribution in [1.82, 2.24) is 9.62 Å². The molecule has 0 saturated heterocycles. The minimum Gasteiger partial charge on any atom is -0.362 e. The van der Waals surface area contributed by atoms with Gasteiger partial charge in [-0.05, 0) is 61.2 Å². The number of carbonyl (C=O) groups excluding carboxylic acids is 2. The monoisotopic (exact) mass is 458 g/mol. The van der Waals surface area contributed by atoms with Crippen LogP contribution in [-0.2, 0) is 21.2 Å². The zero-order chi connectivity index (χ0) is 23.5. The molecule has 0 spiro atoms. The first-order chi connectivity index (χ1) is 15.2. The Balaban J connectivity index is 1.65. The normalized spacial score (nSPS) is 13.2. The molecule has 1 aliphatic heterocycles. The van der Waals surface area contributed by atoms with Crippen LogP contribution in [0.25, 0.3) is 0 Å². The van der Waals surface area contributed by atoms with E-state index in [0.29, 0.717) is 31.7 Å². The highest BCUT2D eigenvalue weighted by molar-refractivity contribution is 7.89. The Kier molecular flexibility index (Phi) is 7.20. The van der Waals surface area contributed by atoms with Crippen LogP contribution in [0.1, 0.15) is 30.5 Å². The molecule has 0 aromatic heterocycles. The highest BCUT2D eigenvalue weighted by atomic mass is 32.2. The molecular formula is C23H30N4O4S. The fourth-order valence-electron chi connectivity index (χ4n) is 3.86. The van der Waals surface area contributed by atoms with E-state index in [4.69, 9.17) is 0 Å². The van der Waals surface area contributed by atoms with E-state index < -0.39 is 22.0 Å². The van der Waals surface area contributed by atoms with Crippen molar-refractivity contribution in [3.63, 3.8) is 0 Å². The molecule has 2 aromatic carbocycles. The number of benzene rings is 2. The lowest BCUT2D eigenvalue weighted by molar-refractivity contribution is -0.118. The molecule has 0 saturated carbocycles. The minimum atomic E-state index is -3.53. The van der Waals surface area contributed by atoms with Gasteiger partial charge in [0, 0.05) is 31.0 Å². The highest BCUT2D eigenvalue weighted by Gasteiger charge is 2.27. The maximum absolute atomic E-state index is 12.8. The summed E-state index contributed by atoms with van der Waals surface area (Å²) in [6.45, 7) is 8.89. The number of sulfonamides is 1. The number of rotatable bonds is 7. The van der Waals surface area contributed by atoms with Crippen molar-refractivity contribution in [2.45, 2.75) is 39.0 Å². The fourth-order valence-corrected chi connectivity index (χ4v) is 5.37. The second kappa shape index (κ2) is 9.70. The van der Waals surface area contributed by atoms with Gasteiger partial charge in [0.2, 0.25) is 15.9 Å². The van der Waals surface area contributed by atoms with Crippen LogP contribution < -0.4 is 15.5 Å². The van der Waals surface area contributed by atoms with E-state index in [1.807, 2.05) is 44.7 Å². The van der Waals surface area contributed by atoms with Crippen LogP contribution in [0, 0.1) is 13.8 Å². The average Bonchev–Trinajstić information content (AvgIpc) is 3.14. The van der Waals surface area contributed by atoms with E-state index in [1.54, 1.807) is 24.3 Å². The number of urea groups is 1. The summed E-state index contributed by atoms with van der Waals surface area (Å²) in [5, 5.41) is 5.08. The fraction of sp³-hybridized carbons (Fsp3) is 0.391. The van der Waals surface area contributed by atoms with Crippen molar-refractivity contribution in [2.24, 2.45) is 0 Å². The van der Waals surface area contributed by atoms with Gasteiger partial charge in [-0.3, -0.25) is 10.1 Å². The summed E-state index contributed by atoms with van der Waals surface area (Å²) in [4.78, 5) is 26.8. The Morgan fingerprint density at radius 1 is 1.09 bits per heavy atom. The molecular weight excluding hydrogens is 428 g/mol. The van der Waals surface area contributed by atoms with Gasteiger partial charge in [-0.1, -0.05) is 26.0 Å². The molecule has 3 amide bonds. The van der Waals surface area contributed by atoms with Crippen LogP contribution in [0.2, 0.25) is 0 Å². The zero-order valence-corrected chi connectivity index (χ0v) is 19.8. The largest absolute Gasteiger partial charge is 0.362 e. The van der Waals surface area contributed by atoms with Gasteiger partial charge in [0.25, 0.3) is 0 Å². The standard InChI is InChI=1S/C23H30N4O4S/c1-5-27(6-2)32(30,31)19-10-11-21-18(14-19)12-13-26(21)15-22(28)25-23(29)24-20-9-7-8-16(3)17(20)4/h7-11,14H,5-6,12-13,15H2,1-4H3,(H2,24,25,28,29). The summed E-state index contributed by atoms with van der Waals surface area (Å²) in [7, 11) is -3.53. The zero-order valence-electron chi connectivity index (χ0n) is 18.9. The van der Waals surface area contributed by atoms with Gasteiger partial charge < -0.3 is 10.2 Å². The molecule has 0 aliphatic carbocycles. The van der Waals surface area contributed by atoms with Crippen LogP contribution in [0.5, 0.6) is 0 Å². The lowest BCUT2D eigenvalue weighted by Crippen LogP contribution is -2.41. The van der Waals surface area contributed by atoms with Gasteiger partial charge in [-0.15, -0.1) is 0 Å². The van der Waals surface area contributed by atoms with E-state index in [1.165, 1.54) is 4.31 Å². The van der Waals surface area contributed by atoms with E-state index in [9.17, 15) is 18.0 Å². The molecule has 8 nitrogen and oxygen atoms in total. The van der Waals surface area contributed by atoms with Crippen LogP contribution >= 0.6 is 0 Å². The molecule has 32 heavy (non-hydrogen) atoms. The Labute approximate surface area is 189 Å². The number of amides is 3. The topological polar surface area (TPSA) is 98.8 Å². The predicted molar refractivity (Wildman–Crippen MR) is 126 cm³/mol. The lowest BCUT2D eigenvalue weighted by atomic mass is 10.1. The van der Waals surface area contributed by atoms with Gasteiger partial charge in [0.15, 0.2) is 0 Å². The molecule has 1 heterocycles. The predicted octanol–water partition coefficient (Wildman–Crippen LogP) is 3.04. The number of hydrogen-bond donors (Lipinski definition) is 2. The van der Waals surface area contributed by atoms with E-state index in [0.717, 1.165) is 22.4 Å². The molecule has 0 radical (unpaired) electrons. The van der Waals surface area contributed by atoms with Gasteiger partial charge in [-0.25, -0.2) is 13.2 Å². The number of nitrogens with zero attached hydrogens (tertiary/aromatic N) is 2. The van der Waals surface area contributed by atoms with Crippen molar-refractivity contribution in [3.05, 3.63) is 53.1 Å². The van der Waals surface area contributed by atoms with E-state index in [-0.39, 0.29) is 11.4 Å². The third kappa shape index (κ3) is 4.94. The maximum Gasteiger partial charge on any atom is 0.325 e. The first-order valence-electron chi connectivity index (χ1n) is 10.7. The molecule has 0 fully saturated rings. The van der Waals surface area contributed by atoms with E-state index >= 15 is 0 Å². The van der Waals surface area contributed by atoms with Gasteiger partial charge >= 0.3 is 6.03 Å². The average molecular weight is 459 g/mol. The highest BCUT2D eigenvalue weighted by Crippen LogP contribution is 2.31. The number of carbonyl (C=O) groups is 2. The molecule has 2 aromatic rings. The SMILES string of the molecule is CCN(CC)S(=O)(=O)c1ccc2c(c1)CCN2CC(=O)NC(=O)Nc1cccc(C)c1C. The molecule has 9 heteroatoms. The van der Waals surface area contributed by atoms with Gasteiger partial charge in [-0.2, -0.15) is 4.31 Å². The first-order valence-corrected chi connectivity index (χ1v) is 12.2. The number of nitrogens with one attached hydrogen (secondary N) is 2. The maximum atomic E-state index is 12.8. The Bertz CT molecular complexity index is 1130. The van der Waals surface area contributed by atoms with Crippen LogP contribution in [0.4, 0.5) is 16.2 Å². The number of imide groups is 1. The minimum absolute atomic E-state index is 0.00929. The summed E-state index contributed by atoms with van der Waals surface area (Å²) in [5.74, 6) is -0.430. The quantitative estimate of drug-likeness (QED) is 0.665. The van der Waals surface area contributed by atoms with Crippen LogP contribution in [0.3, 0.4) is 0 Å². The van der Waals surface area contributed by atoms with Crippen LogP contribution in [-0.4, -0.2) is 50.8 Å². The first kappa shape index (κ1) is 23.7. The Morgan fingerprint density at radius 2 is 1.81 bits per heavy atom. The van der Waals surface area contributed by atoms with Gasteiger partial charge in [0.1, 0.15) is 0 Å². The number of hydrogen-bond acceptors (Lipinski definition) is 5. The van der Waals surface area contributed by atoms with Crippen molar-refractivity contribution in [3.8, 4) is 0 Å². The molecule has 3 rings (SSSR count). The molecule has 1 aliphatic rings.